The zero-order valence-electron chi connectivity index (χ0n) is 15.9. The van der Waals surface area contributed by atoms with Crippen molar-refractivity contribution in [3.63, 3.8) is 0 Å². The second-order valence-electron chi connectivity index (χ2n) is 7.56. The molecule has 0 N–H and O–H groups in total. The van der Waals surface area contributed by atoms with Crippen molar-refractivity contribution >= 4 is 22.0 Å². The predicted octanol–water partition coefficient (Wildman–Crippen LogP) is 0.979. The Balaban J connectivity index is 1.36. The van der Waals surface area contributed by atoms with Crippen LogP contribution in [0.15, 0.2) is 24.3 Å². The van der Waals surface area contributed by atoms with E-state index in [1.807, 2.05) is 4.90 Å². The second kappa shape index (κ2) is 7.90. The van der Waals surface area contributed by atoms with Crippen LogP contribution >= 0.6 is 0 Å². The maximum Gasteiger partial charge on any atom is 0.282 e. The van der Waals surface area contributed by atoms with Crippen molar-refractivity contribution in [2.24, 2.45) is 0 Å². The molecule has 9 heteroatoms. The highest BCUT2D eigenvalue weighted by atomic mass is 32.2. The first-order valence-electron chi connectivity index (χ1n) is 9.91. The highest BCUT2D eigenvalue weighted by molar-refractivity contribution is 7.86. The van der Waals surface area contributed by atoms with E-state index >= 15 is 0 Å². The number of piperazine rings is 1. The number of benzene rings is 1. The van der Waals surface area contributed by atoms with Gasteiger partial charge in [-0.1, -0.05) is 25.0 Å². The lowest BCUT2D eigenvalue weighted by Crippen LogP contribution is -2.55. The number of hydrogen-bond donors (Lipinski definition) is 0. The Morgan fingerprint density at radius 1 is 0.714 bits per heavy atom. The molecule has 2 saturated heterocycles. The van der Waals surface area contributed by atoms with Crippen molar-refractivity contribution in [1.82, 2.24) is 18.4 Å². The molecule has 0 saturated carbocycles. The number of carbonyl (C=O) groups is 2. The van der Waals surface area contributed by atoms with Gasteiger partial charge in [-0.25, -0.2) is 0 Å². The highest BCUT2D eigenvalue weighted by Crippen LogP contribution is 2.23. The highest BCUT2D eigenvalue weighted by Gasteiger charge is 2.38. The van der Waals surface area contributed by atoms with Crippen molar-refractivity contribution in [2.75, 3.05) is 45.9 Å². The third-order valence-electron chi connectivity index (χ3n) is 5.77. The molecule has 2 fully saturated rings. The Labute approximate surface area is 165 Å². The van der Waals surface area contributed by atoms with E-state index in [1.54, 1.807) is 28.6 Å². The minimum atomic E-state index is -3.43. The molecule has 152 valence electrons. The van der Waals surface area contributed by atoms with Gasteiger partial charge < -0.3 is 0 Å². The molecule has 0 radical (unpaired) electrons. The molecule has 0 aliphatic carbocycles. The normalized spacial score (nSPS) is 23.1. The quantitative estimate of drug-likeness (QED) is 0.697. The third kappa shape index (κ3) is 3.59. The number of hydrogen-bond acceptors (Lipinski definition) is 5. The average Bonchev–Trinajstić information content (AvgIpc) is 2.92. The summed E-state index contributed by atoms with van der Waals surface area (Å²) in [5, 5.41) is 0. The van der Waals surface area contributed by atoms with Crippen molar-refractivity contribution in [3.05, 3.63) is 35.4 Å². The van der Waals surface area contributed by atoms with Crippen LogP contribution in [-0.2, 0) is 10.2 Å². The van der Waals surface area contributed by atoms with Gasteiger partial charge in [-0.2, -0.15) is 17.0 Å². The topological polar surface area (TPSA) is 81.2 Å². The lowest BCUT2D eigenvalue weighted by Gasteiger charge is -2.37. The zero-order valence-corrected chi connectivity index (χ0v) is 16.7. The number of carbonyl (C=O) groups excluding carboxylic acids is 2. The van der Waals surface area contributed by atoms with Gasteiger partial charge >= 0.3 is 0 Å². The molecule has 0 atom stereocenters. The molecule has 0 aromatic heterocycles. The average molecular weight is 407 g/mol. The Morgan fingerprint density at radius 2 is 1.21 bits per heavy atom. The molecule has 1 aromatic carbocycles. The summed E-state index contributed by atoms with van der Waals surface area (Å²) in [6, 6.07) is 6.84. The fraction of sp³-hybridized carbons (Fsp3) is 0.579. The number of imide groups is 1. The number of amides is 2. The molecule has 0 unspecified atom stereocenters. The monoisotopic (exact) mass is 406 g/mol. The zero-order chi connectivity index (χ0) is 19.7. The van der Waals surface area contributed by atoms with Gasteiger partial charge in [0.15, 0.2) is 0 Å². The van der Waals surface area contributed by atoms with Crippen LogP contribution in [0.2, 0.25) is 0 Å². The number of rotatable bonds is 4. The summed E-state index contributed by atoms with van der Waals surface area (Å²) in [4.78, 5) is 28.2. The maximum absolute atomic E-state index is 12.9. The fourth-order valence-electron chi connectivity index (χ4n) is 4.10. The summed E-state index contributed by atoms with van der Waals surface area (Å²) in [5.74, 6) is -0.555. The van der Waals surface area contributed by atoms with Crippen LogP contribution < -0.4 is 0 Å². The van der Waals surface area contributed by atoms with Gasteiger partial charge in [0.05, 0.1) is 17.8 Å². The van der Waals surface area contributed by atoms with E-state index in [0.717, 1.165) is 25.7 Å². The number of nitrogens with zero attached hydrogens (tertiary/aromatic N) is 4. The minimum absolute atomic E-state index is 0.198. The Bertz CT molecular complexity index is 821. The molecule has 3 aliphatic heterocycles. The van der Waals surface area contributed by atoms with Crippen LogP contribution in [0, 0.1) is 0 Å². The molecule has 3 aliphatic rings. The predicted molar refractivity (Wildman–Crippen MR) is 104 cm³/mol. The summed E-state index contributed by atoms with van der Waals surface area (Å²) in [7, 11) is -3.43. The summed E-state index contributed by atoms with van der Waals surface area (Å²) in [6.07, 6.45) is 4.00. The van der Waals surface area contributed by atoms with Gasteiger partial charge in [-0.3, -0.25) is 19.4 Å². The van der Waals surface area contributed by atoms with E-state index in [-0.39, 0.29) is 18.5 Å². The Hall–Kier alpha value is -1.81. The van der Waals surface area contributed by atoms with E-state index < -0.39 is 10.2 Å². The molecule has 4 rings (SSSR count). The summed E-state index contributed by atoms with van der Waals surface area (Å²) >= 11 is 0. The van der Waals surface area contributed by atoms with Crippen LogP contribution in [0.5, 0.6) is 0 Å². The summed E-state index contributed by atoms with van der Waals surface area (Å²) in [5.41, 5.74) is 0.879. The van der Waals surface area contributed by atoms with Crippen molar-refractivity contribution < 1.29 is 18.0 Å². The first-order valence-corrected chi connectivity index (χ1v) is 11.3. The van der Waals surface area contributed by atoms with E-state index in [1.165, 1.54) is 9.21 Å². The molecule has 3 heterocycles. The lowest BCUT2D eigenvalue weighted by molar-refractivity contribution is 0.0498. The summed E-state index contributed by atoms with van der Waals surface area (Å²) in [6.45, 7) is 3.14. The molecule has 1 aromatic rings. The van der Waals surface area contributed by atoms with E-state index in [4.69, 9.17) is 0 Å². The van der Waals surface area contributed by atoms with E-state index in [0.29, 0.717) is 50.4 Å². The first kappa shape index (κ1) is 19.5. The molecule has 2 amide bonds. The van der Waals surface area contributed by atoms with Gasteiger partial charge in [-0.05, 0) is 25.0 Å². The second-order valence-corrected chi connectivity index (χ2v) is 9.49. The first-order chi connectivity index (χ1) is 13.5. The fourth-order valence-corrected chi connectivity index (χ4v) is 5.78. The van der Waals surface area contributed by atoms with E-state index in [9.17, 15) is 18.0 Å². The molecular formula is C19H26N4O4S. The van der Waals surface area contributed by atoms with Crippen LogP contribution in [0.3, 0.4) is 0 Å². The van der Waals surface area contributed by atoms with Crippen LogP contribution in [-0.4, -0.2) is 84.6 Å². The minimum Gasteiger partial charge on any atom is -0.283 e. The molecule has 28 heavy (non-hydrogen) atoms. The summed E-state index contributed by atoms with van der Waals surface area (Å²) < 4.78 is 29.0. The molecule has 0 bridgehead atoms. The lowest BCUT2D eigenvalue weighted by atomic mass is 10.1. The standard InChI is InChI=1S/C19H26N4O4S/c24-18-16-7-3-4-8-17(16)19(25)23(18)15-20-11-13-22(14-12-20)28(26,27)21-9-5-1-2-6-10-21/h3-4,7-8H,1-2,5-6,9-15H2. The third-order valence-corrected chi connectivity index (χ3v) is 7.80. The number of fused-ring (bicyclic) bond motifs is 1. The van der Waals surface area contributed by atoms with Gasteiger partial charge in [-0.15, -0.1) is 0 Å². The maximum atomic E-state index is 12.9. The van der Waals surface area contributed by atoms with Crippen LogP contribution in [0.25, 0.3) is 0 Å². The SMILES string of the molecule is O=C1c2ccccc2C(=O)N1CN1CCN(S(=O)(=O)N2CCCCCC2)CC1. The van der Waals surface area contributed by atoms with Crippen LogP contribution in [0.1, 0.15) is 46.4 Å². The smallest absolute Gasteiger partial charge is 0.282 e. The van der Waals surface area contributed by atoms with Crippen LogP contribution in [0.4, 0.5) is 0 Å². The molecular weight excluding hydrogens is 380 g/mol. The van der Waals surface area contributed by atoms with Gasteiger partial charge in [0.25, 0.3) is 22.0 Å². The Kier molecular flexibility index (Phi) is 5.50. The Morgan fingerprint density at radius 3 is 1.75 bits per heavy atom. The molecule has 8 nitrogen and oxygen atoms in total. The van der Waals surface area contributed by atoms with Crippen molar-refractivity contribution in [3.8, 4) is 0 Å². The largest absolute Gasteiger partial charge is 0.283 e. The van der Waals surface area contributed by atoms with Crippen molar-refractivity contribution in [2.45, 2.75) is 25.7 Å². The van der Waals surface area contributed by atoms with Gasteiger partial charge in [0, 0.05) is 39.3 Å². The molecule has 0 spiro atoms. The van der Waals surface area contributed by atoms with Gasteiger partial charge in [0.1, 0.15) is 0 Å². The van der Waals surface area contributed by atoms with Gasteiger partial charge in [0.2, 0.25) is 0 Å². The van der Waals surface area contributed by atoms with Crippen molar-refractivity contribution in [1.29, 1.82) is 0 Å². The van der Waals surface area contributed by atoms with E-state index in [2.05, 4.69) is 0 Å².